The molecule has 0 fully saturated rings. The quantitative estimate of drug-likeness (QED) is 0.938. The van der Waals surface area contributed by atoms with E-state index in [4.69, 9.17) is 16.9 Å². The zero-order valence-electron chi connectivity index (χ0n) is 11.5. The molecule has 0 aliphatic rings. The lowest BCUT2D eigenvalue weighted by atomic mass is 10.2. The van der Waals surface area contributed by atoms with Crippen molar-refractivity contribution in [2.24, 2.45) is 0 Å². The monoisotopic (exact) mass is 320 g/mol. The third kappa shape index (κ3) is 3.35. The summed E-state index contributed by atoms with van der Waals surface area (Å²) in [5, 5.41) is 9.11. The van der Waals surface area contributed by atoms with Gasteiger partial charge in [0.15, 0.2) is 0 Å². The lowest BCUT2D eigenvalue weighted by Crippen LogP contribution is -2.14. The van der Waals surface area contributed by atoms with Gasteiger partial charge in [0.25, 0.3) is 10.0 Å². The van der Waals surface area contributed by atoms with E-state index in [-0.39, 0.29) is 15.6 Å². The maximum atomic E-state index is 12.4. The highest BCUT2D eigenvalue weighted by Gasteiger charge is 2.18. The van der Waals surface area contributed by atoms with Crippen LogP contribution in [0.15, 0.2) is 41.3 Å². The largest absolute Gasteiger partial charge is 0.278 e. The Bertz CT molecular complexity index is 839. The van der Waals surface area contributed by atoms with Gasteiger partial charge in [0.2, 0.25) is 0 Å². The number of aryl methyl sites for hydroxylation is 2. The van der Waals surface area contributed by atoms with Crippen LogP contribution in [0.1, 0.15) is 16.7 Å². The highest BCUT2D eigenvalue weighted by molar-refractivity contribution is 7.92. The zero-order chi connectivity index (χ0) is 15.6. The molecular formula is C15H13ClN2O2S. The molecule has 4 nitrogen and oxygen atoms in total. The van der Waals surface area contributed by atoms with Crippen LogP contribution in [0.5, 0.6) is 0 Å². The molecule has 2 aromatic rings. The van der Waals surface area contributed by atoms with Gasteiger partial charge in [-0.3, -0.25) is 4.72 Å². The summed E-state index contributed by atoms with van der Waals surface area (Å²) >= 11 is 5.98. The summed E-state index contributed by atoms with van der Waals surface area (Å²) in [6, 6.07) is 11.4. The SMILES string of the molecule is Cc1ccc(S(=O)(=O)Nc2cc(C#N)ccc2Cl)c(C)c1. The van der Waals surface area contributed by atoms with Gasteiger partial charge in [-0.25, -0.2) is 8.42 Å². The van der Waals surface area contributed by atoms with Crippen molar-refractivity contribution in [2.75, 3.05) is 4.72 Å². The molecule has 1 N–H and O–H groups in total. The molecule has 0 atom stereocenters. The second kappa shape index (κ2) is 5.76. The summed E-state index contributed by atoms with van der Waals surface area (Å²) in [5.74, 6) is 0. The maximum absolute atomic E-state index is 12.4. The normalized spacial score (nSPS) is 11.0. The predicted octanol–water partition coefficient (Wildman–Crippen LogP) is 3.63. The van der Waals surface area contributed by atoms with Crippen molar-refractivity contribution < 1.29 is 8.42 Å². The van der Waals surface area contributed by atoms with E-state index in [0.29, 0.717) is 11.1 Å². The Labute approximate surface area is 129 Å². The van der Waals surface area contributed by atoms with Gasteiger partial charge in [-0.15, -0.1) is 0 Å². The highest BCUT2D eigenvalue weighted by atomic mass is 35.5. The van der Waals surface area contributed by atoms with Crippen LogP contribution in [-0.4, -0.2) is 8.42 Å². The van der Waals surface area contributed by atoms with Gasteiger partial charge in [0.1, 0.15) is 0 Å². The third-order valence-corrected chi connectivity index (χ3v) is 4.82. The number of halogens is 1. The van der Waals surface area contributed by atoms with Crippen LogP contribution >= 0.6 is 11.6 Å². The van der Waals surface area contributed by atoms with Gasteiger partial charge in [-0.2, -0.15) is 5.26 Å². The van der Waals surface area contributed by atoms with Crippen LogP contribution in [0, 0.1) is 25.2 Å². The predicted molar refractivity (Wildman–Crippen MR) is 82.9 cm³/mol. The molecule has 6 heteroatoms. The molecule has 0 saturated carbocycles. The van der Waals surface area contributed by atoms with Gasteiger partial charge < -0.3 is 0 Å². The van der Waals surface area contributed by atoms with Crippen LogP contribution in [0.4, 0.5) is 5.69 Å². The van der Waals surface area contributed by atoms with Crippen molar-refractivity contribution in [2.45, 2.75) is 18.7 Å². The Morgan fingerprint density at radius 1 is 1.14 bits per heavy atom. The van der Waals surface area contributed by atoms with Crippen LogP contribution in [0.2, 0.25) is 5.02 Å². The van der Waals surface area contributed by atoms with Crippen molar-refractivity contribution in [3.05, 3.63) is 58.1 Å². The number of nitrogens with one attached hydrogen (secondary N) is 1. The van der Waals surface area contributed by atoms with E-state index in [1.165, 1.54) is 18.2 Å². The number of rotatable bonds is 3. The first-order valence-electron chi connectivity index (χ1n) is 6.13. The van der Waals surface area contributed by atoms with Gasteiger partial charge in [0, 0.05) is 0 Å². The maximum Gasteiger partial charge on any atom is 0.262 e. The summed E-state index contributed by atoms with van der Waals surface area (Å²) < 4.78 is 27.3. The number of hydrogen-bond donors (Lipinski definition) is 1. The van der Waals surface area contributed by atoms with Crippen molar-refractivity contribution in [1.82, 2.24) is 0 Å². The summed E-state index contributed by atoms with van der Waals surface area (Å²) in [6.45, 7) is 3.62. The highest BCUT2D eigenvalue weighted by Crippen LogP contribution is 2.26. The molecular weight excluding hydrogens is 308 g/mol. The number of nitrogens with zero attached hydrogens (tertiary/aromatic N) is 1. The summed E-state index contributed by atoms with van der Waals surface area (Å²) in [7, 11) is -3.75. The molecule has 0 saturated heterocycles. The van der Waals surface area contributed by atoms with Gasteiger partial charge in [-0.05, 0) is 43.7 Å². The van der Waals surface area contributed by atoms with Crippen LogP contribution in [-0.2, 0) is 10.0 Å². The standard InChI is InChI=1S/C15H13ClN2O2S/c1-10-3-6-15(11(2)7-10)21(19,20)18-14-8-12(9-17)4-5-13(14)16/h3-8,18H,1-2H3. The van der Waals surface area contributed by atoms with Crippen molar-refractivity contribution in [3.8, 4) is 6.07 Å². The Morgan fingerprint density at radius 3 is 2.48 bits per heavy atom. The minimum absolute atomic E-state index is 0.187. The van der Waals surface area contributed by atoms with Crippen molar-refractivity contribution >= 4 is 27.3 Å². The van der Waals surface area contributed by atoms with E-state index in [0.717, 1.165) is 5.56 Å². The number of hydrogen-bond acceptors (Lipinski definition) is 3. The Hall–Kier alpha value is -2.03. The first-order chi connectivity index (χ1) is 9.83. The number of benzene rings is 2. The van der Waals surface area contributed by atoms with Gasteiger partial charge in [0.05, 0.1) is 27.2 Å². The smallest absolute Gasteiger partial charge is 0.262 e. The topological polar surface area (TPSA) is 70.0 Å². The first kappa shape index (κ1) is 15.4. The molecule has 2 rings (SSSR count). The molecule has 0 aromatic heterocycles. The van der Waals surface area contributed by atoms with E-state index in [9.17, 15) is 8.42 Å². The number of nitriles is 1. The fraction of sp³-hybridized carbons (Fsp3) is 0.133. The first-order valence-corrected chi connectivity index (χ1v) is 7.99. The van der Waals surface area contributed by atoms with E-state index in [1.54, 1.807) is 25.1 Å². The lowest BCUT2D eigenvalue weighted by Gasteiger charge is -2.12. The zero-order valence-corrected chi connectivity index (χ0v) is 13.1. The third-order valence-electron chi connectivity index (χ3n) is 2.96. The summed E-state index contributed by atoms with van der Waals surface area (Å²) in [6.07, 6.45) is 0. The Kier molecular flexibility index (Phi) is 4.21. The Morgan fingerprint density at radius 2 is 1.86 bits per heavy atom. The molecule has 108 valence electrons. The molecule has 0 heterocycles. The Balaban J connectivity index is 2.45. The fourth-order valence-electron chi connectivity index (χ4n) is 1.97. The van der Waals surface area contributed by atoms with E-state index >= 15 is 0 Å². The minimum atomic E-state index is -3.75. The minimum Gasteiger partial charge on any atom is -0.278 e. The lowest BCUT2D eigenvalue weighted by molar-refractivity contribution is 0.600. The van der Waals surface area contributed by atoms with Crippen LogP contribution in [0.25, 0.3) is 0 Å². The van der Waals surface area contributed by atoms with Crippen molar-refractivity contribution in [1.29, 1.82) is 5.26 Å². The second-order valence-corrected chi connectivity index (χ2v) is 6.74. The molecule has 0 aliphatic carbocycles. The average Bonchev–Trinajstić information content (AvgIpc) is 2.40. The molecule has 21 heavy (non-hydrogen) atoms. The number of sulfonamides is 1. The molecule has 0 amide bonds. The molecule has 0 radical (unpaired) electrons. The van der Waals surface area contributed by atoms with E-state index in [1.807, 2.05) is 13.0 Å². The van der Waals surface area contributed by atoms with Crippen molar-refractivity contribution in [3.63, 3.8) is 0 Å². The fourth-order valence-corrected chi connectivity index (χ4v) is 3.49. The van der Waals surface area contributed by atoms with E-state index in [2.05, 4.69) is 4.72 Å². The molecule has 0 aliphatic heterocycles. The van der Waals surface area contributed by atoms with Crippen LogP contribution < -0.4 is 4.72 Å². The van der Waals surface area contributed by atoms with Crippen LogP contribution in [0.3, 0.4) is 0 Å². The molecule has 0 spiro atoms. The molecule has 0 bridgehead atoms. The second-order valence-electron chi connectivity index (χ2n) is 4.68. The molecule has 2 aromatic carbocycles. The van der Waals surface area contributed by atoms with E-state index < -0.39 is 10.0 Å². The molecule has 0 unspecified atom stereocenters. The van der Waals surface area contributed by atoms with Gasteiger partial charge >= 0.3 is 0 Å². The summed E-state index contributed by atoms with van der Waals surface area (Å²) in [5.41, 5.74) is 2.15. The number of anilines is 1. The summed E-state index contributed by atoms with van der Waals surface area (Å²) in [4.78, 5) is 0.187. The average molecular weight is 321 g/mol. The van der Waals surface area contributed by atoms with Gasteiger partial charge in [-0.1, -0.05) is 29.3 Å².